The minimum absolute atomic E-state index is 0.0512. The van der Waals surface area contributed by atoms with Crippen molar-refractivity contribution in [1.82, 2.24) is 9.97 Å². The molecule has 2 N–H and O–H groups in total. The number of alkyl halides is 3. The van der Waals surface area contributed by atoms with Gasteiger partial charge in [-0.2, -0.15) is 13.2 Å². The highest BCUT2D eigenvalue weighted by molar-refractivity contribution is 7.16. The lowest BCUT2D eigenvalue weighted by molar-refractivity contribution is -0.137. The van der Waals surface area contributed by atoms with Crippen LogP contribution in [-0.2, 0) is 11.0 Å². The Morgan fingerprint density at radius 3 is 2.61 bits per heavy atom. The summed E-state index contributed by atoms with van der Waals surface area (Å²) in [6.07, 6.45) is -0.259. The largest absolute Gasteiger partial charge is 0.416 e. The minimum Gasteiger partial charge on any atom is -0.307 e. The molecule has 1 fully saturated rings. The van der Waals surface area contributed by atoms with E-state index in [1.807, 2.05) is 6.92 Å². The Morgan fingerprint density at radius 1 is 1.09 bits per heavy atom. The molecule has 0 bridgehead atoms. The predicted octanol–water partition coefficient (Wildman–Crippen LogP) is 4.87. The van der Waals surface area contributed by atoms with Crippen LogP contribution in [-0.4, -0.2) is 21.8 Å². The topological polar surface area (TPSA) is 84.0 Å². The highest BCUT2D eigenvalue weighted by Crippen LogP contribution is 2.31. The fraction of sp³-hybridized carbons (Fsp3) is 0.217. The van der Waals surface area contributed by atoms with Crippen molar-refractivity contribution in [2.24, 2.45) is 5.92 Å². The van der Waals surface area contributed by atoms with Gasteiger partial charge in [0.1, 0.15) is 5.82 Å². The van der Waals surface area contributed by atoms with Gasteiger partial charge in [0, 0.05) is 17.7 Å². The molecular weight excluding hydrogens is 453 g/mol. The van der Waals surface area contributed by atoms with Crippen LogP contribution in [0.3, 0.4) is 0 Å². The van der Waals surface area contributed by atoms with Gasteiger partial charge in [0.2, 0.25) is 5.91 Å². The Hall–Kier alpha value is -3.71. The fourth-order valence-corrected chi connectivity index (χ4v) is 3.56. The van der Waals surface area contributed by atoms with Crippen LogP contribution in [0.4, 0.5) is 24.1 Å². The van der Waals surface area contributed by atoms with Crippen LogP contribution in [0.2, 0.25) is 0 Å². The number of hydrogen-bond donors (Lipinski definition) is 2. The van der Waals surface area contributed by atoms with Gasteiger partial charge in [-0.15, -0.1) is 0 Å². The van der Waals surface area contributed by atoms with Crippen LogP contribution < -0.4 is 10.6 Å². The first-order valence-corrected chi connectivity index (χ1v) is 10.7. The first-order chi connectivity index (χ1) is 15.7. The van der Waals surface area contributed by atoms with E-state index in [0.29, 0.717) is 15.6 Å². The quantitative estimate of drug-likeness (QED) is 0.533. The highest BCUT2D eigenvalue weighted by atomic mass is 32.1. The minimum atomic E-state index is -4.55. The summed E-state index contributed by atoms with van der Waals surface area (Å²) in [5.74, 6) is 5.01. The molecule has 0 unspecified atom stereocenters. The summed E-state index contributed by atoms with van der Waals surface area (Å²) in [6, 6.07) is 6.56. The predicted molar refractivity (Wildman–Crippen MR) is 118 cm³/mol. The number of rotatable bonds is 4. The maximum Gasteiger partial charge on any atom is 0.416 e. The number of benzene rings is 1. The lowest BCUT2D eigenvalue weighted by Crippen LogP contribution is -2.15. The van der Waals surface area contributed by atoms with Gasteiger partial charge in [-0.1, -0.05) is 23.3 Å². The van der Waals surface area contributed by atoms with Crippen LogP contribution >= 0.6 is 11.3 Å². The lowest BCUT2D eigenvalue weighted by Gasteiger charge is -2.10. The van der Waals surface area contributed by atoms with Crippen molar-refractivity contribution in [2.45, 2.75) is 25.9 Å². The molecule has 2 amide bonds. The average molecular weight is 470 g/mol. The van der Waals surface area contributed by atoms with E-state index in [2.05, 4.69) is 32.4 Å². The number of aromatic nitrogens is 2. The Morgan fingerprint density at radius 2 is 1.88 bits per heavy atom. The molecule has 33 heavy (non-hydrogen) atoms. The molecule has 4 rings (SSSR count). The summed E-state index contributed by atoms with van der Waals surface area (Å²) in [5, 5.41) is 5.60. The Bertz CT molecular complexity index is 1290. The van der Waals surface area contributed by atoms with E-state index >= 15 is 0 Å². The third-order valence-corrected chi connectivity index (χ3v) is 5.58. The molecule has 0 saturated heterocycles. The van der Waals surface area contributed by atoms with E-state index < -0.39 is 17.6 Å². The number of carbonyl (C=O) groups is 2. The van der Waals surface area contributed by atoms with Crippen LogP contribution in [0.5, 0.6) is 0 Å². The van der Waals surface area contributed by atoms with Gasteiger partial charge in [0.15, 0.2) is 5.13 Å². The van der Waals surface area contributed by atoms with E-state index in [1.54, 1.807) is 18.2 Å². The molecule has 0 spiro atoms. The number of pyridine rings is 1. The molecule has 0 atom stereocenters. The molecule has 2 aromatic heterocycles. The molecular formula is C23H17F3N4O2S. The highest BCUT2D eigenvalue weighted by Gasteiger charge is 2.31. The molecule has 168 valence electrons. The Labute approximate surface area is 191 Å². The van der Waals surface area contributed by atoms with Crippen LogP contribution in [0.1, 0.15) is 44.8 Å². The maximum atomic E-state index is 12.9. The molecule has 1 aliphatic rings. The van der Waals surface area contributed by atoms with Gasteiger partial charge in [-0.25, -0.2) is 9.97 Å². The standard InChI is InChI=1S/C23H17F3N4O2S/c1-13-2-7-18(21(32)29-19-11-16(8-9-27-19)23(24,25)26)15(10-13)5-6-17-12-28-22(33-17)30-20(31)14-3-4-14/h2,7-12,14H,3-4H2,1H3,(H,27,29,32)(H,28,30,31). The number of amides is 2. The zero-order chi connectivity index (χ0) is 23.6. The number of nitrogens with one attached hydrogen (secondary N) is 2. The maximum absolute atomic E-state index is 12.9. The van der Waals surface area contributed by atoms with E-state index in [9.17, 15) is 22.8 Å². The van der Waals surface area contributed by atoms with Gasteiger partial charge >= 0.3 is 6.18 Å². The molecule has 1 aromatic carbocycles. The van der Waals surface area contributed by atoms with Crippen LogP contribution in [0.15, 0.2) is 42.7 Å². The molecule has 0 aliphatic heterocycles. The summed E-state index contributed by atoms with van der Waals surface area (Å²) in [4.78, 5) is 33.1. The van der Waals surface area contributed by atoms with Gasteiger partial charge in [0.25, 0.3) is 5.91 Å². The summed E-state index contributed by atoms with van der Waals surface area (Å²) < 4.78 is 38.8. The zero-order valence-corrected chi connectivity index (χ0v) is 18.1. The first kappa shape index (κ1) is 22.5. The third kappa shape index (κ3) is 5.75. The van der Waals surface area contributed by atoms with Crippen molar-refractivity contribution in [3.05, 3.63) is 69.9 Å². The number of hydrogen-bond acceptors (Lipinski definition) is 5. The van der Waals surface area contributed by atoms with Crippen molar-refractivity contribution >= 4 is 34.1 Å². The van der Waals surface area contributed by atoms with Crippen molar-refractivity contribution in [2.75, 3.05) is 10.6 Å². The number of nitrogens with zero attached hydrogens (tertiary/aromatic N) is 2. The van der Waals surface area contributed by atoms with Crippen LogP contribution in [0, 0.1) is 24.7 Å². The fourth-order valence-electron chi connectivity index (χ4n) is 2.89. The normalized spacial score (nSPS) is 13.1. The molecule has 6 nitrogen and oxygen atoms in total. The second-order valence-corrected chi connectivity index (χ2v) is 8.50. The van der Waals surface area contributed by atoms with Gasteiger partial charge < -0.3 is 10.6 Å². The monoisotopic (exact) mass is 470 g/mol. The second kappa shape index (κ2) is 9.03. The lowest BCUT2D eigenvalue weighted by atomic mass is 10.0. The number of anilines is 2. The summed E-state index contributed by atoms with van der Waals surface area (Å²) in [7, 11) is 0. The summed E-state index contributed by atoms with van der Waals surface area (Å²) in [6.45, 7) is 1.83. The Balaban J connectivity index is 1.53. The van der Waals surface area contributed by atoms with E-state index in [4.69, 9.17) is 0 Å². The van der Waals surface area contributed by atoms with Crippen molar-refractivity contribution in [3.8, 4) is 11.8 Å². The number of aryl methyl sites for hydroxylation is 1. The SMILES string of the molecule is Cc1ccc(C(=O)Nc2cc(C(F)(F)F)ccn2)c(C#Cc2cnc(NC(=O)C3CC3)s2)c1. The van der Waals surface area contributed by atoms with Gasteiger partial charge in [0.05, 0.1) is 22.2 Å². The molecule has 1 aliphatic carbocycles. The summed E-state index contributed by atoms with van der Waals surface area (Å²) >= 11 is 1.22. The molecule has 3 aromatic rings. The molecule has 1 saturated carbocycles. The van der Waals surface area contributed by atoms with E-state index in [-0.39, 0.29) is 23.2 Å². The van der Waals surface area contributed by atoms with Crippen molar-refractivity contribution in [1.29, 1.82) is 0 Å². The first-order valence-electron chi connectivity index (χ1n) is 9.93. The average Bonchev–Trinajstić information content (AvgIpc) is 3.52. The molecule has 2 heterocycles. The molecule has 10 heteroatoms. The van der Waals surface area contributed by atoms with Crippen LogP contribution in [0.25, 0.3) is 0 Å². The number of thiazole rings is 1. The van der Waals surface area contributed by atoms with Crippen molar-refractivity contribution in [3.63, 3.8) is 0 Å². The van der Waals surface area contributed by atoms with Gasteiger partial charge in [-0.3, -0.25) is 9.59 Å². The van der Waals surface area contributed by atoms with Gasteiger partial charge in [-0.05, 0) is 55.5 Å². The van der Waals surface area contributed by atoms with Crippen molar-refractivity contribution < 1.29 is 22.8 Å². The summed E-state index contributed by atoms with van der Waals surface area (Å²) in [5.41, 5.74) is 0.539. The van der Waals surface area contributed by atoms with E-state index in [0.717, 1.165) is 36.7 Å². The number of halogens is 3. The number of carbonyl (C=O) groups excluding carboxylic acids is 2. The Kier molecular flexibility index (Phi) is 6.16. The van der Waals surface area contributed by atoms with E-state index in [1.165, 1.54) is 17.5 Å². The third-order valence-electron chi connectivity index (χ3n) is 4.75. The zero-order valence-electron chi connectivity index (χ0n) is 17.3. The second-order valence-electron chi connectivity index (χ2n) is 7.47. The molecule has 0 radical (unpaired) electrons. The smallest absolute Gasteiger partial charge is 0.307 e.